The van der Waals surface area contributed by atoms with Crippen LogP contribution in [0, 0.1) is 11.8 Å². The summed E-state index contributed by atoms with van der Waals surface area (Å²) in [5.41, 5.74) is 1.17. The van der Waals surface area contributed by atoms with Crippen LogP contribution in [0.2, 0.25) is 0 Å². The molecule has 0 saturated heterocycles. The van der Waals surface area contributed by atoms with Crippen LogP contribution in [0.15, 0.2) is 30.3 Å². The number of ether oxygens (including phenoxy) is 1. The number of benzene rings is 1. The fourth-order valence-electron chi connectivity index (χ4n) is 1.67. The van der Waals surface area contributed by atoms with E-state index in [0.29, 0.717) is 17.7 Å². The smallest absolute Gasteiger partial charge is 0.330 e. The van der Waals surface area contributed by atoms with Crippen molar-refractivity contribution in [3.63, 3.8) is 0 Å². The Morgan fingerprint density at radius 2 is 2.00 bits per heavy atom. The van der Waals surface area contributed by atoms with Crippen molar-refractivity contribution in [3.05, 3.63) is 41.5 Å². The Hall–Kier alpha value is -2.34. The molecule has 0 bridgehead atoms. The van der Waals surface area contributed by atoms with Gasteiger partial charge in [-0.3, -0.25) is 4.79 Å². The minimum Gasteiger partial charge on any atom is -0.463 e. The van der Waals surface area contributed by atoms with Crippen LogP contribution in [0.1, 0.15) is 49.0 Å². The molecular weight excluding hydrogens is 264 g/mol. The molecule has 0 saturated carbocycles. The number of Topliss-reactive ketones (excluding diaryl/α,β-unsaturated/α-hetero) is 1. The van der Waals surface area contributed by atoms with Gasteiger partial charge in [0, 0.05) is 18.1 Å². The Bertz CT molecular complexity index is 574. The first-order valence-corrected chi connectivity index (χ1v) is 7.16. The summed E-state index contributed by atoms with van der Waals surface area (Å²) in [6.45, 7) is 4.15. The van der Waals surface area contributed by atoms with Crippen LogP contribution in [0.25, 0.3) is 6.08 Å². The van der Waals surface area contributed by atoms with Gasteiger partial charge in [0.2, 0.25) is 5.78 Å². The van der Waals surface area contributed by atoms with Crippen LogP contribution in [-0.4, -0.2) is 18.4 Å². The molecule has 1 aromatic rings. The molecule has 0 atom stereocenters. The summed E-state index contributed by atoms with van der Waals surface area (Å²) in [5.74, 6) is 4.88. The number of unbranched alkanes of at least 4 members (excludes halogenated alkanes) is 2. The Morgan fingerprint density at radius 1 is 1.24 bits per heavy atom. The first-order valence-electron chi connectivity index (χ1n) is 7.16. The van der Waals surface area contributed by atoms with Crippen LogP contribution in [0.3, 0.4) is 0 Å². The zero-order valence-electron chi connectivity index (χ0n) is 12.5. The molecule has 0 aliphatic heterocycles. The van der Waals surface area contributed by atoms with E-state index >= 15 is 0 Å². The number of rotatable bonds is 6. The van der Waals surface area contributed by atoms with E-state index in [1.807, 2.05) is 6.07 Å². The maximum atomic E-state index is 12.1. The molecule has 1 aromatic carbocycles. The third kappa shape index (κ3) is 6.09. The second-order valence-corrected chi connectivity index (χ2v) is 4.41. The molecule has 0 fully saturated rings. The molecule has 3 heteroatoms. The van der Waals surface area contributed by atoms with Crippen LogP contribution >= 0.6 is 0 Å². The number of carbonyl (C=O) groups is 2. The second kappa shape index (κ2) is 9.55. The predicted octanol–water partition coefficient (Wildman–Crippen LogP) is 3.64. The molecule has 110 valence electrons. The highest BCUT2D eigenvalue weighted by Crippen LogP contribution is 2.11. The molecule has 0 spiro atoms. The maximum Gasteiger partial charge on any atom is 0.330 e. The Labute approximate surface area is 126 Å². The molecule has 0 unspecified atom stereocenters. The average molecular weight is 284 g/mol. The summed E-state index contributed by atoms with van der Waals surface area (Å²) in [6.07, 6.45) is 5.68. The van der Waals surface area contributed by atoms with Crippen molar-refractivity contribution in [1.29, 1.82) is 0 Å². The summed E-state index contributed by atoms with van der Waals surface area (Å²) >= 11 is 0. The standard InChI is InChI=1S/C18H20O3/c1-3-5-6-7-12-17(19)16-11-9-8-10-15(16)13-14-18(20)21-4-2/h8-11,13-14H,3-6H2,1-2H3/b14-13+. The molecule has 0 aromatic heterocycles. The Morgan fingerprint density at radius 3 is 2.71 bits per heavy atom. The fraction of sp³-hybridized carbons (Fsp3) is 0.333. The first kappa shape index (κ1) is 16.7. The van der Waals surface area contributed by atoms with Gasteiger partial charge in [0.15, 0.2) is 0 Å². The van der Waals surface area contributed by atoms with E-state index < -0.39 is 5.97 Å². The average Bonchev–Trinajstić information content (AvgIpc) is 2.50. The minimum absolute atomic E-state index is 0.227. The summed E-state index contributed by atoms with van der Waals surface area (Å²) in [5, 5.41) is 0. The van der Waals surface area contributed by atoms with Crippen molar-refractivity contribution >= 4 is 17.8 Å². The molecular formula is C18H20O3. The van der Waals surface area contributed by atoms with Crippen molar-refractivity contribution in [2.24, 2.45) is 0 Å². The highest BCUT2D eigenvalue weighted by atomic mass is 16.5. The third-order valence-corrected chi connectivity index (χ3v) is 2.75. The van der Waals surface area contributed by atoms with E-state index in [1.165, 1.54) is 6.08 Å². The van der Waals surface area contributed by atoms with Crippen molar-refractivity contribution in [1.82, 2.24) is 0 Å². The summed E-state index contributed by atoms with van der Waals surface area (Å²) in [7, 11) is 0. The van der Waals surface area contributed by atoms with Gasteiger partial charge in [-0.2, -0.15) is 0 Å². The highest BCUT2D eigenvalue weighted by Gasteiger charge is 2.06. The van der Waals surface area contributed by atoms with Gasteiger partial charge in [0.05, 0.1) is 6.61 Å². The first-order chi connectivity index (χ1) is 10.2. The lowest BCUT2D eigenvalue weighted by Crippen LogP contribution is -2.01. The van der Waals surface area contributed by atoms with Crippen LogP contribution in [-0.2, 0) is 9.53 Å². The lowest BCUT2D eigenvalue weighted by atomic mass is 10.0. The van der Waals surface area contributed by atoms with Crippen LogP contribution in [0.5, 0.6) is 0 Å². The fourth-order valence-corrected chi connectivity index (χ4v) is 1.67. The number of esters is 1. The Kier molecular flexibility index (Phi) is 7.60. The van der Waals surface area contributed by atoms with Gasteiger partial charge in [-0.1, -0.05) is 37.5 Å². The van der Waals surface area contributed by atoms with E-state index in [0.717, 1.165) is 19.3 Å². The van der Waals surface area contributed by atoms with Crippen molar-refractivity contribution < 1.29 is 14.3 Å². The largest absolute Gasteiger partial charge is 0.463 e. The van der Waals surface area contributed by atoms with Gasteiger partial charge in [-0.25, -0.2) is 4.79 Å². The van der Waals surface area contributed by atoms with Gasteiger partial charge in [-0.15, -0.1) is 0 Å². The zero-order chi connectivity index (χ0) is 15.5. The summed E-state index contributed by atoms with van der Waals surface area (Å²) in [6, 6.07) is 7.08. The monoisotopic (exact) mass is 284 g/mol. The van der Waals surface area contributed by atoms with E-state index in [1.54, 1.807) is 31.2 Å². The zero-order valence-corrected chi connectivity index (χ0v) is 12.5. The van der Waals surface area contributed by atoms with Crippen molar-refractivity contribution in [2.75, 3.05) is 6.61 Å². The van der Waals surface area contributed by atoms with Gasteiger partial charge < -0.3 is 4.74 Å². The molecule has 0 aliphatic carbocycles. The molecule has 3 nitrogen and oxygen atoms in total. The number of carbonyl (C=O) groups excluding carboxylic acids is 2. The van der Waals surface area contributed by atoms with E-state index in [4.69, 9.17) is 4.74 Å². The lowest BCUT2D eigenvalue weighted by molar-refractivity contribution is -0.137. The van der Waals surface area contributed by atoms with Gasteiger partial charge in [0.25, 0.3) is 0 Å². The molecule has 0 aliphatic rings. The predicted molar refractivity (Wildman–Crippen MR) is 83.7 cm³/mol. The maximum absolute atomic E-state index is 12.1. The minimum atomic E-state index is -0.422. The Balaban J connectivity index is 2.85. The number of hydrogen-bond acceptors (Lipinski definition) is 3. The molecule has 0 amide bonds. The molecule has 1 rings (SSSR count). The summed E-state index contributed by atoms with van der Waals surface area (Å²) < 4.78 is 4.82. The quantitative estimate of drug-likeness (QED) is 0.200. The third-order valence-electron chi connectivity index (χ3n) is 2.75. The van der Waals surface area contributed by atoms with E-state index in [9.17, 15) is 9.59 Å². The van der Waals surface area contributed by atoms with Crippen molar-refractivity contribution in [2.45, 2.75) is 33.1 Å². The topological polar surface area (TPSA) is 43.4 Å². The molecule has 21 heavy (non-hydrogen) atoms. The SMILES string of the molecule is CCCCC#CC(=O)c1ccccc1/C=C/C(=O)OCC. The van der Waals surface area contributed by atoms with Crippen LogP contribution in [0.4, 0.5) is 0 Å². The van der Waals surface area contributed by atoms with Crippen LogP contribution < -0.4 is 0 Å². The van der Waals surface area contributed by atoms with Gasteiger partial charge in [0.1, 0.15) is 0 Å². The number of ketones is 1. The highest BCUT2D eigenvalue weighted by molar-refractivity contribution is 6.11. The van der Waals surface area contributed by atoms with Crippen molar-refractivity contribution in [3.8, 4) is 11.8 Å². The molecule has 0 heterocycles. The normalized spacial score (nSPS) is 10.0. The molecule has 0 radical (unpaired) electrons. The van der Waals surface area contributed by atoms with E-state index in [2.05, 4.69) is 18.8 Å². The lowest BCUT2D eigenvalue weighted by Gasteiger charge is -2.00. The van der Waals surface area contributed by atoms with Gasteiger partial charge in [-0.05, 0) is 37.0 Å². The van der Waals surface area contributed by atoms with Gasteiger partial charge >= 0.3 is 5.97 Å². The second-order valence-electron chi connectivity index (χ2n) is 4.41. The molecule has 0 N–H and O–H groups in total. The number of hydrogen-bond donors (Lipinski definition) is 0. The summed E-state index contributed by atoms with van der Waals surface area (Å²) in [4.78, 5) is 23.4. The van der Waals surface area contributed by atoms with E-state index in [-0.39, 0.29) is 5.78 Å².